The highest BCUT2D eigenvalue weighted by atomic mass is 16.8. The molecule has 2 saturated heterocycles. The van der Waals surface area contributed by atoms with Crippen LogP contribution in [0.4, 0.5) is 0 Å². The Bertz CT molecular complexity index is 444. The van der Waals surface area contributed by atoms with E-state index in [0.717, 1.165) is 0 Å². The number of aliphatic hydroxyl groups is 2. The molecule has 0 amide bonds. The zero-order valence-corrected chi connectivity index (χ0v) is 13.7. The van der Waals surface area contributed by atoms with E-state index < -0.39 is 48.0 Å². The average Bonchev–Trinajstić information content (AvgIpc) is 2.88. The third kappa shape index (κ3) is 3.50. The second-order valence-corrected chi connectivity index (χ2v) is 6.24. The van der Waals surface area contributed by atoms with E-state index in [4.69, 9.17) is 24.7 Å². The largest absolute Gasteiger partial charge is 0.465 e. The van der Waals surface area contributed by atoms with Gasteiger partial charge in [0.25, 0.3) is 5.79 Å². The summed E-state index contributed by atoms with van der Waals surface area (Å²) in [6.45, 7) is 3.56. The van der Waals surface area contributed by atoms with Crippen LogP contribution in [0.5, 0.6) is 0 Å². The molecular weight excluding hydrogens is 310 g/mol. The predicted octanol–water partition coefficient (Wildman–Crippen LogP) is -1.51. The highest BCUT2D eigenvalue weighted by molar-refractivity contribution is 5.78. The Hall–Kier alpha value is -0.810. The fourth-order valence-corrected chi connectivity index (χ4v) is 2.87. The predicted molar refractivity (Wildman–Crippen MR) is 76.1 cm³/mol. The summed E-state index contributed by atoms with van der Waals surface area (Å²) in [7, 11) is 2.43. The van der Waals surface area contributed by atoms with Crippen molar-refractivity contribution in [3.05, 3.63) is 0 Å². The van der Waals surface area contributed by atoms with Crippen molar-refractivity contribution in [1.82, 2.24) is 0 Å². The second kappa shape index (κ2) is 6.60. The topological polar surface area (TPSA) is 130 Å². The molecule has 0 saturated carbocycles. The highest BCUT2D eigenvalue weighted by Gasteiger charge is 2.55. The standard InChI is InChI=1S/C14H25NO8/c1-13(2)21-6-8(22-13)10(17)11-9(15)7(16)5-14(20-4,23-11)12(18)19-3/h7-11,16-17H,5-6,15H2,1-4H3/t7-,8+,9+,10+,11+,14?/m1/s1. The van der Waals surface area contributed by atoms with E-state index in [1.807, 2.05) is 0 Å². The van der Waals surface area contributed by atoms with Crippen LogP contribution in [0.25, 0.3) is 0 Å². The third-order valence-corrected chi connectivity index (χ3v) is 4.20. The first kappa shape index (κ1) is 18.5. The molecular formula is C14H25NO8. The SMILES string of the molecule is COC(=O)C1(OC)C[C@@H](O)[C@H](N)[C@@H]([C@@H](O)[C@@H]2COC(C)(C)O2)O1. The Morgan fingerprint density at radius 1 is 1.35 bits per heavy atom. The van der Waals surface area contributed by atoms with Gasteiger partial charge in [-0.2, -0.15) is 0 Å². The summed E-state index contributed by atoms with van der Waals surface area (Å²) >= 11 is 0. The lowest BCUT2D eigenvalue weighted by Gasteiger charge is -2.45. The maximum Gasteiger partial charge on any atom is 0.366 e. The number of rotatable bonds is 4. The third-order valence-electron chi connectivity index (χ3n) is 4.20. The van der Waals surface area contributed by atoms with Gasteiger partial charge in [-0.3, -0.25) is 0 Å². The number of nitrogens with two attached hydrogens (primary N) is 1. The molecule has 0 spiro atoms. The average molecular weight is 335 g/mol. The first-order chi connectivity index (χ1) is 10.7. The van der Waals surface area contributed by atoms with Gasteiger partial charge in [0.15, 0.2) is 5.79 Å². The summed E-state index contributed by atoms with van der Waals surface area (Å²) in [5.41, 5.74) is 5.94. The minimum absolute atomic E-state index is 0.134. The Kier molecular flexibility index (Phi) is 5.31. The van der Waals surface area contributed by atoms with Crippen molar-refractivity contribution in [2.24, 2.45) is 5.73 Å². The smallest absolute Gasteiger partial charge is 0.366 e. The van der Waals surface area contributed by atoms with Gasteiger partial charge in [-0.05, 0) is 13.8 Å². The molecule has 1 unspecified atom stereocenters. The van der Waals surface area contributed by atoms with Crippen LogP contribution in [0.15, 0.2) is 0 Å². The molecule has 134 valence electrons. The maximum atomic E-state index is 12.0. The van der Waals surface area contributed by atoms with Gasteiger partial charge in [0.05, 0.1) is 25.9 Å². The molecule has 0 aromatic carbocycles. The summed E-state index contributed by atoms with van der Waals surface area (Å²) in [5.74, 6) is -3.49. The van der Waals surface area contributed by atoms with Gasteiger partial charge in [-0.25, -0.2) is 4.79 Å². The van der Waals surface area contributed by atoms with Gasteiger partial charge in [0, 0.05) is 13.5 Å². The molecule has 2 aliphatic rings. The fourth-order valence-electron chi connectivity index (χ4n) is 2.87. The van der Waals surface area contributed by atoms with Crippen molar-refractivity contribution in [3.63, 3.8) is 0 Å². The van der Waals surface area contributed by atoms with Gasteiger partial charge in [-0.15, -0.1) is 0 Å². The van der Waals surface area contributed by atoms with Crippen LogP contribution in [0.3, 0.4) is 0 Å². The molecule has 2 rings (SSSR count). The van der Waals surface area contributed by atoms with E-state index in [1.165, 1.54) is 14.2 Å². The summed E-state index contributed by atoms with van der Waals surface area (Å²) < 4.78 is 26.4. The molecule has 2 fully saturated rings. The van der Waals surface area contributed by atoms with E-state index in [-0.39, 0.29) is 13.0 Å². The Morgan fingerprint density at radius 2 is 2.00 bits per heavy atom. The zero-order valence-electron chi connectivity index (χ0n) is 13.7. The summed E-state index contributed by atoms with van der Waals surface area (Å²) in [6, 6.07) is -0.926. The minimum Gasteiger partial charge on any atom is -0.465 e. The van der Waals surface area contributed by atoms with Crippen LogP contribution in [-0.2, 0) is 28.5 Å². The van der Waals surface area contributed by atoms with Gasteiger partial charge < -0.3 is 39.6 Å². The van der Waals surface area contributed by atoms with Gasteiger partial charge in [-0.1, -0.05) is 0 Å². The van der Waals surface area contributed by atoms with Crippen LogP contribution in [0, 0.1) is 0 Å². The normalized spacial score (nSPS) is 41.5. The van der Waals surface area contributed by atoms with E-state index in [0.29, 0.717) is 0 Å². The molecule has 0 aliphatic carbocycles. The van der Waals surface area contributed by atoms with Crippen molar-refractivity contribution in [2.45, 2.75) is 62.3 Å². The van der Waals surface area contributed by atoms with Crippen LogP contribution < -0.4 is 5.73 Å². The number of hydrogen-bond donors (Lipinski definition) is 3. The van der Waals surface area contributed by atoms with Crippen molar-refractivity contribution in [1.29, 1.82) is 0 Å². The van der Waals surface area contributed by atoms with Crippen LogP contribution >= 0.6 is 0 Å². The van der Waals surface area contributed by atoms with E-state index in [9.17, 15) is 15.0 Å². The maximum absolute atomic E-state index is 12.0. The number of esters is 1. The van der Waals surface area contributed by atoms with Crippen LogP contribution in [0.2, 0.25) is 0 Å². The molecule has 4 N–H and O–H groups in total. The molecule has 0 aromatic rings. The Balaban J connectivity index is 2.20. The lowest BCUT2D eigenvalue weighted by molar-refractivity contribution is -0.303. The number of carbonyl (C=O) groups excluding carboxylic acids is 1. The molecule has 0 radical (unpaired) electrons. The number of carbonyl (C=O) groups is 1. The van der Waals surface area contributed by atoms with E-state index in [2.05, 4.69) is 4.74 Å². The molecule has 9 nitrogen and oxygen atoms in total. The molecule has 6 atom stereocenters. The molecule has 2 aliphatic heterocycles. The molecule has 2 heterocycles. The van der Waals surface area contributed by atoms with Gasteiger partial charge in [0.2, 0.25) is 0 Å². The fraction of sp³-hybridized carbons (Fsp3) is 0.929. The first-order valence-electron chi connectivity index (χ1n) is 7.40. The lowest BCUT2D eigenvalue weighted by Crippen LogP contribution is -2.66. The lowest BCUT2D eigenvalue weighted by atomic mass is 9.89. The molecule has 0 bridgehead atoms. The van der Waals surface area contributed by atoms with Crippen molar-refractivity contribution in [2.75, 3.05) is 20.8 Å². The number of aliphatic hydroxyl groups excluding tert-OH is 2. The zero-order chi connectivity index (χ0) is 17.4. The second-order valence-electron chi connectivity index (χ2n) is 6.24. The van der Waals surface area contributed by atoms with Crippen molar-refractivity contribution < 1.29 is 38.7 Å². The molecule has 9 heteroatoms. The number of methoxy groups -OCH3 is 2. The van der Waals surface area contributed by atoms with Gasteiger partial charge >= 0.3 is 5.97 Å². The van der Waals surface area contributed by atoms with E-state index >= 15 is 0 Å². The van der Waals surface area contributed by atoms with E-state index in [1.54, 1.807) is 13.8 Å². The Labute approximate surface area is 134 Å². The quantitative estimate of drug-likeness (QED) is 0.525. The van der Waals surface area contributed by atoms with Crippen LogP contribution in [0.1, 0.15) is 20.3 Å². The molecule has 0 aromatic heterocycles. The van der Waals surface area contributed by atoms with Crippen LogP contribution in [-0.4, -0.2) is 79.0 Å². The Morgan fingerprint density at radius 3 is 2.48 bits per heavy atom. The molecule has 23 heavy (non-hydrogen) atoms. The summed E-state index contributed by atoms with van der Waals surface area (Å²) in [6.07, 6.45) is -4.36. The monoisotopic (exact) mass is 335 g/mol. The highest BCUT2D eigenvalue weighted by Crippen LogP contribution is 2.35. The number of hydrogen-bond acceptors (Lipinski definition) is 9. The van der Waals surface area contributed by atoms with Crippen molar-refractivity contribution >= 4 is 5.97 Å². The minimum atomic E-state index is -1.83. The first-order valence-corrected chi connectivity index (χ1v) is 7.40. The van der Waals surface area contributed by atoms with Gasteiger partial charge in [0.1, 0.15) is 18.3 Å². The summed E-state index contributed by atoms with van der Waals surface area (Å²) in [5, 5.41) is 20.7. The number of ether oxygens (including phenoxy) is 5. The summed E-state index contributed by atoms with van der Waals surface area (Å²) in [4.78, 5) is 12.0. The van der Waals surface area contributed by atoms with Crippen molar-refractivity contribution in [3.8, 4) is 0 Å².